The summed E-state index contributed by atoms with van der Waals surface area (Å²) in [4.78, 5) is 0. The molecule has 1 aromatic heterocycles. The number of nitrogens with one attached hydrogen (secondary N) is 3. The van der Waals surface area contributed by atoms with Crippen molar-refractivity contribution in [3.63, 3.8) is 0 Å². The number of nitrogens with zero attached hydrogens (tertiary/aromatic N) is 2. The topological polar surface area (TPSA) is 110 Å². The number of benzene rings is 1. The second-order valence-electron chi connectivity index (χ2n) is 9.38. The van der Waals surface area contributed by atoms with E-state index in [0.29, 0.717) is 45.2 Å². The van der Waals surface area contributed by atoms with Gasteiger partial charge in [0.25, 0.3) is 0 Å². The molecule has 156 valence electrons. The molecule has 17 heteroatoms. The van der Waals surface area contributed by atoms with Crippen molar-refractivity contribution in [3.8, 4) is 0 Å². The summed E-state index contributed by atoms with van der Waals surface area (Å²) in [6.45, 7) is 0. The largest absolute Gasteiger partial charge is 0.618 e. The van der Waals surface area contributed by atoms with Crippen molar-refractivity contribution < 1.29 is 13.6 Å². The van der Waals surface area contributed by atoms with Crippen molar-refractivity contribution in [2.24, 2.45) is 0 Å². The molecule has 1 saturated heterocycles. The molecule has 7 nitrogen and oxygen atoms in total. The van der Waals surface area contributed by atoms with Crippen LogP contribution in [0.15, 0.2) is 9.10 Å². The van der Waals surface area contributed by atoms with Gasteiger partial charge < -0.3 is 15.2 Å². The smallest absolute Gasteiger partial charge is 0.202 e. The Morgan fingerprint density at radius 3 is 2.29 bits per heavy atom. The highest BCUT2D eigenvalue weighted by molar-refractivity contribution is 9.10. The lowest BCUT2D eigenvalue weighted by molar-refractivity contribution is 0.307. The number of rotatable bonds is 4. The SMILES string of the molecule is Bc1c(B)c(NC(=N)c2nonc2NC2CC(B)(B)[S+]([O-])C(B)(B)C2)c(B)c(Br)c1F. The van der Waals surface area contributed by atoms with E-state index >= 15 is 0 Å². The molecule has 31 heavy (non-hydrogen) atoms. The molecular weight excluding hydrogens is 477 g/mol. The molecule has 0 radical (unpaired) electrons. The third-order valence-corrected chi connectivity index (χ3v) is 9.24. The van der Waals surface area contributed by atoms with Crippen LogP contribution in [0.1, 0.15) is 18.5 Å². The molecule has 1 aromatic carbocycles. The van der Waals surface area contributed by atoms with Crippen LogP contribution in [0.3, 0.4) is 0 Å². The van der Waals surface area contributed by atoms with Gasteiger partial charge in [-0.15, -0.1) is 0 Å². The summed E-state index contributed by atoms with van der Waals surface area (Å²) >= 11 is 2.32. The Bertz CT molecular complexity index is 996. The van der Waals surface area contributed by atoms with Gasteiger partial charge in [0.1, 0.15) is 29.4 Å². The Morgan fingerprint density at radius 2 is 1.71 bits per heavy atom. The maximum atomic E-state index is 14.3. The van der Waals surface area contributed by atoms with Crippen molar-refractivity contribution in [1.82, 2.24) is 10.3 Å². The first-order valence-electron chi connectivity index (χ1n) is 10.1. The first-order chi connectivity index (χ1) is 14.3. The van der Waals surface area contributed by atoms with Gasteiger partial charge in [-0.3, -0.25) is 5.41 Å². The second-order valence-corrected chi connectivity index (χ2v) is 12.9. The van der Waals surface area contributed by atoms with Crippen molar-refractivity contribution in [1.29, 1.82) is 5.41 Å². The second kappa shape index (κ2) is 8.63. The first-order valence-corrected chi connectivity index (χ1v) is 12.0. The molecule has 1 fully saturated rings. The normalized spacial score (nSPS) is 22.0. The van der Waals surface area contributed by atoms with E-state index in [1.807, 2.05) is 31.4 Å². The molecular formula is C14H22B7BrFN5O2S. The first kappa shape index (κ1) is 24.4. The Kier molecular flexibility index (Phi) is 6.80. The predicted molar refractivity (Wildman–Crippen MR) is 148 cm³/mol. The summed E-state index contributed by atoms with van der Waals surface area (Å²) in [7, 11) is 13.3. The predicted octanol–water partition coefficient (Wildman–Crippen LogP) is -6.65. The van der Waals surface area contributed by atoms with Gasteiger partial charge in [0.05, 0.1) is 9.09 Å². The van der Waals surface area contributed by atoms with Crippen molar-refractivity contribution in [2.75, 3.05) is 10.6 Å². The molecule has 0 amide bonds. The summed E-state index contributed by atoms with van der Waals surface area (Å²) < 4.78 is 31.7. The van der Waals surface area contributed by atoms with Crippen molar-refractivity contribution in [2.45, 2.75) is 28.0 Å². The summed E-state index contributed by atoms with van der Waals surface area (Å²) in [6.07, 6.45) is 1.39. The molecule has 3 rings (SSSR count). The van der Waals surface area contributed by atoms with Gasteiger partial charge in [0, 0.05) is 29.0 Å². The van der Waals surface area contributed by atoms with E-state index in [0.717, 1.165) is 0 Å². The van der Waals surface area contributed by atoms with Gasteiger partial charge >= 0.3 is 0 Å². The zero-order valence-corrected chi connectivity index (χ0v) is 21.3. The summed E-state index contributed by atoms with van der Waals surface area (Å²) in [5.41, 5.74) is 2.75. The fourth-order valence-corrected chi connectivity index (χ4v) is 7.04. The van der Waals surface area contributed by atoms with Gasteiger partial charge in [0.2, 0.25) is 5.82 Å². The Balaban J connectivity index is 1.84. The number of aromatic nitrogens is 2. The zero-order chi connectivity index (χ0) is 23.3. The summed E-state index contributed by atoms with van der Waals surface area (Å²) in [5.74, 6) is 0.0400. The maximum Gasteiger partial charge on any atom is 0.202 e. The lowest BCUT2D eigenvalue weighted by Gasteiger charge is -2.48. The van der Waals surface area contributed by atoms with Gasteiger partial charge in [0.15, 0.2) is 42.9 Å². The average Bonchev–Trinajstić information content (AvgIpc) is 3.14. The van der Waals surface area contributed by atoms with Crippen LogP contribution in [-0.4, -0.2) is 90.8 Å². The van der Waals surface area contributed by atoms with Gasteiger partial charge in [-0.1, -0.05) is 22.1 Å². The quantitative estimate of drug-likeness (QED) is 0.167. The third-order valence-electron chi connectivity index (χ3n) is 5.96. The van der Waals surface area contributed by atoms with E-state index in [2.05, 4.69) is 36.9 Å². The molecule has 2 heterocycles. The van der Waals surface area contributed by atoms with E-state index in [-0.39, 0.29) is 32.5 Å². The van der Waals surface area contributed by atoms with E-state index < -0.39 is 11.2 Å². The van der Waals surface area contributed by atoms with Crippen LogP contribution >= 0.6 is 15.9 Å². The molecule has 0 spiro atoms. The third kappa shape index (κ3) is 4.64. The minimum absolute atomic E-state index is 0.00633. The number of halogens is 2. The van der Waals surface area contributed by atoms with Gasteiger partial charge in [-0.05, 0) is 31.7 Å². The highest BCUT2D eigenvalue weighted by Crippen LogP contribution is 2.36. The van der Waals surface area contributed by atoms with E-state index in [9.17, 15) is 8.94 Å². The van der Waals surface area contributed by atoms with Crippen molar-refractivity contribution >= 4 is 116 Å². The van der Waals surface area contributed by atoms with Crippen LogP contribution in [0, 0.1) is 11.2 Å². The van der Waals surface area contributed by atoms with Crippen LogP contribution < -0.4 is 27.0 Å². The van der Waals surface area contributed by atoms with Crippen LogP contribution in [0.5, 0.6) is 0 Å². The molecule has 1 aliphatic rings. The molecule has 0 bridgehead atoms. The lowest BCUT2D eigenvalue weighted by Crippen LogP contribution is -2.62. The van der Waals surface area contributed by atoms with Gasteiger partial charge in [-0.2, -0.15) is 0 Å². The van der Waals surface area contributed by atoms with Crippen LogP contribution in [-0.2, 0) is 11.2 Å². The minimum Gasteiger partial charge on any atom is -0.618 e. The molecule has 2 aromatic rings. The average molecular weight is 499 g/mol. The Labute approximate surface area is 199 Å². The number of amidine groups is 1. The van der Waals surface area contributed by atoms with Crippen LogP contribution in [0.25, 0.3) is 0 Å². The highest BCUT2D eigenvalue weighted by Gasteiger charge is 2.49. The van der Waals surface area contributed by atoms with Crippen LogP contribution in [0.2, 0.25) is 0 Å². The monoisotopic (exact) mass is 499 g/mol. The van der Waals surface area contributed by atoms with Crippen LogP contribution in [0.4, 0.5) is 15.9 Å². The van der Waals surface area contributed by atoms with E-state index in [4.69, 9.17) is 10.0 Å². The fraction of sp³-hybridized carbons (Fsp3) is 0.357. The molecule has 0 aliphatic carbocycles. The van der Waals surface area contributed by atoms with Gasteiger partial charge in [-0.25, -0.2) is 9.02 Å². The Hall–Kier alpha value is -1.20. The summed E-state index contributed by atoms with van der Waals surface area (Å²) in [6, 6.07) is 0.00633. The molecule has 0 atom stereocenters. The molecule has 3 N–H and O–H groups in total. The highest BCUT2D eigenvalue weighted by atomic mass is 79.9. The maximum absolute atomic E-state index is 14.3. The van der Waals surface area contributed by atoms with E-state index in [1.165, 1.54) is 0 Å². The van der Waals surface area contributed by atoms with E-state index in [1.54, 1.807) is 23.5 Å². The number of hydrogen-bond donors (Lipinski definition) is 3. The number of hydrogen-bond acceptors (Lipinski definition) is 6. The number of anilines is 2. The zero-order valence-electron chi connectivity index (χ0n) is 18.9. The minimum atomic E-state index is -0.972. The summed E-state index contributed by atoms with van der Waals surface area (Å²) in [5, 5.41) is 22.8. The molecule has 0 saturated carbocycles. The van der Waals surface area contributed by atoms with Crippen molar-refractivity contribution in [3.05, 3.63) is 16.0 Å². The standard InChI is InChI=1S/C14H22B7BrFN5O2S/c15-4-5(16)9(6(17)7(22)8(4)23)26-11(24)10-12(28-30-27-10)25-3-1-13(18,19)31(29)14(20,21)2-3/h3H,1-2,15-21H2,(H2,24,26)(H,25,28). The molecule has 0 unspecified atom stereocenters. The Morgan fingerprint density at radius 1 is 1.13 bits per heavy atom. The fourth-order valence-electron chi connectivity index (χ4n) is 4.35. The lowest BCUT2D eigenvalue weighted by atomic mass is 9.60. The molecule has 1 aliphatic heterocycles.